The first-order valence-electron chi connectivity index (χ1n) is 7.28. The lowest BCUT2D eigenvalue weighted by Crippen LogP contribution is -2.34. The summed E-state index contributed by atoms with van der Waals surface area (Å²) in [5, 5.41) is 2.69. The number of hydrogen-bond acceptors (Lipinski definition) is 3. The monoisotopic (exact) mass is 326 g/mol. The number of carbonyl (C=O) groups is 1. The second-order valence-corrected chi connectivity index (χ2v) is 5.24. The Balaban J connectivity index is 2.02. The molecule has 1 aromatic carbocycles. The minimum absolute atomic E-state index is 0.0481. The van der Waals surface area contributed by atoms with Gasteiger partial charge in [-0.25, -0.2) is 9.37 Å². The number of pyridine rings is 1. The van der Waals surface area contributed by atoms with E-state index in [0.717, 1.165) is 0 Å². The van der Waals surface area contributed by atoms with Crippen molar-refractivity contribution in [1.29, 1.82) is 0 Å². The number of aryl methyl sites for hydroxylation is 1. The van der Waals surface area contributed by atoms with Crippen molar-refractivity contribution in [1.82, 2.24) is 19.9 Å². The number of aromatic amines is 1. The molecule has 3 aromatic rings. The average molecular weight is 326 g/mol. The molecule has 122 valence electrons. The van der Waals surface area contributed by atoms with Crippen LogP contribution in [0.1, 0.15) is 27.8 Å². The highest BCUT2D eigenvalue weighted by Gasteiger charge is 2.24. The van der Waals surface area contributed by atoms with E-state index < -0.39 is 23.3 Å². The molecule has 0 aliphatic heterocycles. The van der Waals surface area contributed by atoms with Gasteiger partial charge in [0.2, 0.25) is 0 Å². The molecule has 2 N–H and O–H groups in total. The largest absolute Gasteiger partial charge is 0.338 e. The van der Waals surface area contributed by atoms with E-state index in [4.69, 9.17) is 0 Å². The van der Waals surface area contributed by atoms with Crippen molar-refractivity contribution in [3.05, 3.63) is 88.1 Å². The number of aromatic nitrogens is 3. The topological polar surface area (TPSA) is 79.8 Å². The Morgan fingerprint density at radius 1 is 1.29 bits per heavy atom. The lowest BCUT2D eigenvalue weighted by Gasteiger charge is -2.19. The number of imidazole rings is 1. The van der Waals surface area contributed by atoms with Crippen LogP contribution < -0.4 is 10.9 Å². The van der Waals surface area contributed by atoms with Crippen molar-refractivity contribution in [2.24, 2.45) is 7.05 Å². The van der Waals surface area contributed by atoms with Gasteiger partial charge in [0.15, 0.2) is 0 Å². The van der Waals surface area contributed by atoms with Gasteiger partial charge in [-0.2, -0.15) is 0 Å². The molecule has 3 rings (SSSR count). The number of benzene rings is 1. The van der Waals surface area contributed by atoms with Gasteiger partial charge in [0, 0.05) is 31.2 Å². The van der Waals surface area contributed by atoms with Gasteiger partial charge in [-0.3, -0.25) is 9.59 Å². The molecular weight excluding hydrogens is 311 g/mol. The Morgan fingerprint density at radius 2 is 2.08 bits per heavy atom. The van der Waals surface area contributed by atoms with Crippen LogP contribution in [0.25, 0.3) is 0 Å². The smallest absolute Gasteiger partial charge is 0.260 e. The number of rotatable bonds is 4. The molecule has 0 radical (unpaired) electrons. The Labute approximate surface area is 137 Å². The van der Waals surface area contributed by atoms with E-state index in [-0.39, 0.29) is 11.1 Å². The number of nitrogens with zero attached hydrogens (tertiary/aromatic N) is 2. The van der Waals surface area contributed by atoms with Gasteiger partial charge < -0.3 is 14.9 Å². The molecule has 24 heavy (non-hydrogen) atoms. The fourth-order valence-electron chi connectivity index (χ4n) is 2.46. The SMILES string of the molecule is Cn1ccnc1C(NC(=O)c1ccc[nH]c1=O)c1ccccc1F. The number of hydrogen-bond donors (Lipinski definition) is 2. The molecule has 0 aliphatic carbocycles. The molecule has 6 nitrogen and oxygen atoms in total. The van der Waals surface area contributed by atoms with Crippen LogP contribution in [0.4, 0.5) is 4.39 Å². The molecule has 0 bridgehead atoms. The van der Waals surface area contributed by atoms with Crippen molar-refractivity contribution in [2.45, 2.75) is 6.04 Å². The van der Waals surface area contributed by atoms with Crippen LogP contribution in [0.2, 0.25) is 0 Å². The standard InChI is InChI=1S/C17H15FN4O2/c1-22-10-9-19-15(22)14(11-5-2-3-7-13(11)18)21-17(24)12-6-4-8-20-16(12)23/h2-10,14H,1H3,(H,20,23)(H,21,24). The average Bonchev–Trinajstić information content (AvgIpc) is 2.99. The first-order valence-corrected chi connectivity index (χ1v) is 7.28. The predicted molar refractivity (Wildman–Crippen MR) is 86.0 cm³/mol. The summed E-state index contributed by atoms with van der Waals surface area (Å²) in [5.41, 5.74) is -0.289. The number of halogens is 1. The van der Waals surface area contributed by atoms with E-state index in [1.165, 1.54) is 18.3 Å². The Morgan fingerprint density at radius 3 is 2.75 bits per heavy atom. The van der Waals surface area contributed by atoms with E-state index >= 15 is 0 Å². The zero-order chi connectivity index (χ0) is 17.1. The minimum atomic E-state index is -0.821. The highest BCUT2D eigenvalue weighted by molar-refractivity contribution is 5.94. The maximum Gasteiger partial charge on any atom is 0.260 e. The summed E-state index contributed by atoms with van der Waals surface area (Å²) in [5.74, 6) is -0.610. The van der Waals surface area contributed by atoms with E-state index in [2.05, 4.69) is 15.3 Å². The molecule has 0 fully saturated rings. The third-order valence-electron chi connectivity index (χ3n) is 3.67. The fourth-order valence-corrected chi connectivity index (χ4v) is 2.46. The molecule has 0 aliphatic rings. The van der Waals surface area contributed by atoms with Crippen LogP contribution in [0.5, 0.6) is 0 Å². The van der Waals surface area contributed by atoms with Crippen LogP contribution in [0.3, 0.4) is 0 Å². The van der Waals surface area contributed by atoms with Crippen LogP contribution in [-0.4, -0.2) is 20.4 Å². The second kappa shape index (κ2) is 6.49. The maximum absolute atomic E-state index is 14.2. The number of nitrogens with one attached hydrogen (secondary N) is 2. The molecule has 2 aromatic heterocycles. The summed E-state index contributed by atoms with van der Waals surface area (Å²) in [6.45, 7) is 0. The Bertz CT molecular complexity index is 932. The number of amides is 1. The van der Waals surface area contributed by atoms with Gasteiger partial charge in [-0.05, 0) is 18.2 Å². The highest BCUT2D eigenvalue weighted by atomic mass is 19.1. The van der Waals surface area contributed by atoms with Gasteiger partial charge >= 0.3 is 0 Å². The molecule has 1 amide bonds. The van der Waals surface area contributed by atoms with E-state index in [9.17, 15) is 14.0 Å². The Kier molecular flexibility index (Phi) is 4.24. The minimum Gasteiger partial charge on any atom is -0.338 e. The summed E-state index contributed by atoms with van der Waals surface area (Å²) in [6, 6.07) is 8.27. The molecule has 1 unspecified atom stereocenters. The quantitative estimate of drug-likeness (QED) is 0.767. The second-order valence-electron chi connectivity index (χ2n) is 5.24. The molecule has 7 heteroatoms. The normalized spacial score (nSPS) is 11.9. The highest BCUT2D eigenvalue weighted by Crippen LogP contribution is 2.23. The molecule has 0 saturated heterocycles. The molecule has 2 heterocycles. The lowest BCUT2D eigenvalue weighted by molar-refractivity contribution is 0.0939. The first-order chi connectivity index (χ1) is 11.6. The fraction of sp³-hybridized carbons (Fsp3) is 0.118. The summed E-state index contributed by atoms with van der Waals surface area (Å²) in [4.78, 5) is 30.9. The van der Waals surface area contributed by atoms with Crippen molar-refractivity contribution in [3.63, 3.8) is 0 Å². The molecule has 1 atom stereocenters. The molecular formula is C17H15FN4O2. The molecule has 0 spiro atoms. The van der Waals surface area contributed by atoms with Gasteiger partial charge in [-0.15, -0.1) is 0 Å². The van der Waals surface area contributed by atoms with E-state index in [1.54, 1.807) is 48.3 Å². The summed E-state index contributed by atoms with van der Waals surface area (Å²) < 4.78 is 15.9. The first kappa shape index (κ1) is 15.7. The van der Waals surface area contributed by atoms with Crippen LogP contribution >= 0.6 is 0 Å². The third-order valence-corrected chi connectivity index (χ3v) is 3.67. The van der Waals surface area contributed by atoms with Crippen LogP contribution in [0.15, 0.2) is 59.8 Å². The number of carbonyl (C=O) groups excluding carboxylic acids is 1. The van der Waals surface area contributed by atoms with Gasteiger partial charge in [-0.1, -0.05) is 18.2 Å². The summed E-state index contributed by atoms with van der Waals surface area (Å²) >= 11 is 0. The van der Waals surface area contributed by atoms with E-state index in [1.807, 2.05) is 0 Å². The van der Waals surface area contributed by atoms with Crippen molar-refractivity contribution < 1.29 is 9.18 Å². The van der Waals surface area contributed by atoms with Crippen LogP contribution in [0, 0.1) is 5.82 Å². The third kappa shape index (κ3) is 2.96. The van der Waals surface area contributed by atoms with Crippen molar-refractivity contribution in [2.75, 3.05) is 0 Å². The van der Waals surface area contributed by atoms with Gasteiger partial charge in [0.25, 0.3) is 11.5 Å². The van der Waals surface area contributed by atoms with Gasteiger partial charge in [0.1, 0.15) is 23.2 Å². The summed E-state index contributed by atoms with van der Waals surface area (Å²) in [7, 11) is 1.75. The lowest BCUT2D eigenvalue weighted by atomic mass is 10.0. The zero-order valence-electron chi connectivity index (χ0n) is 12.9. The number of H-pyrrole nitrogens is 1. The van der Waals surface area contributed by atoms with Crippen molar-refractivity contribution in [3.8, 4) is 0 Å². The van der Waals surface area contributed by atoms with Gasteiger partial charge in [0.05, 0.1) is 0 Å². The maximum atomic E-state index is 14.2. The van der Waals surface area contributed by atoms with E-state index in [0.29, 0.717) is 5.82 Å². The summed E-state index contributed by atoms with van der Waals surface area (Å²) in [6.07, 6.45) is 4.70. The van der Waals surface area contributed by atoms with Crippen molar-refractivity contribution >= 4 is 5.91 Å². The Hall–Kier alpha value is -3.22. The van der Waals surface area contributed by atoms with Crippen LogP contribution in [-0.2, 0) is 7.05 Å². The molecule has 0 saturated carbocycles. The zero-order valence-corrected chi connectivity index (χ0v) is 12.9. The predicted octanol–water partition coefficient (Wildman–Crippen LogP) is 1.77.